The highest BCUT2D eigenvalue weighted by atomic mass is 35.5. The predicted molar refractivity (Wildman–Crippen MR) is 99.7 cm³/mol. The fourth-order valence-electron chi connectivity index (χ4n) is 3.76. The summed E-state index contributed by atoms with van der Waals surface area (Å²) in [5.74, 6) is 0.305. The molecule has 0 spiro atoms. The van der Waals surface area contributed by atoms with Crippen LogP contribution in [0.5, 0.6) is 0 Å². The lowest BCUT2D eigenvalue weighted by molar-refractivity contribution is -0.149. The van der Waals surface area contributed by atoms with E-state index in [-0.39, 0.29) is 35.9 Å². The zero-order chi connectivity index (χ0) is 19.3. The number of carbonyl (C=O) groups is 1. The Morgan fingerprint density at radius 3 is 1.42 bits per heavy atom. The van der Waals surface area contributed by atoms with Crippen LogP contribution < -0.4 is 0 Å². The van der Waals surface area contributed by atoms with E-state index in [1.165, 1.54) is 0 Å². The minimum Gasteiger partial charge on any atom is -0.414 e. The second-order valence-corrected chi connectivity index (χ2v) is 7.69. The number of hydrogen-bond donors (Lipinski definition) is 0. The Morgan fingerprint density at radius 2 is 1.15 bits per heavy atom. The average molecular weight is 413 g/mol. The summed E-state index contributed by atoms with van der Waals surface area (Å²) in [6.45, 7) is 10.4. The SMILES string of the molecule is C[C@@H]1COC[C@H](C)N1C(CCl)OC(=O)OC(CCl)N1[C@H](C)COC[C@@H]1C. The van der Waals surface area contributed by atoms with E-state index in [0.717, 1.165) is 0 Å². The highest BCUT2D eigenvalue weighted by Gasteiger charge is 2.37. The summed E-state index contributed by atoms with van der Waals surface area (Å²) in [4.78, 5) is 16.5. The van der Waals surface area contributed by atoms with Crippen LogP contribution in [0.1, 0.15) is 27.7 Å². The Hall–Kier alpha value is -0.310. The van der Waals surface area contributed by atoms with Gasteiger partial charge < -0.3 is 18.9 Å². The quantitative estimate of drug-likeness (QED) is 0.490. The molecule has 2 saturated heterocycles. The number of alkyl halides is 2. The topological polar surface area (TPSA) is 60.5 Å². The van der Waals surface area contributed by atoms with Crippen LogP contribution in [0.25, 0.3) is 0 Å². The predicted octanol–water partition coefficient (Wildman–Crippen LogP) is 2.49. The van der Waals surface area contributed by atoms with Crippen molar-refractivity contribution in [1.29, 1.82) is 0 Å². The average Bonchev–Trinajstić information content (AvgIpc) is 2.59. The molecule has 7 nitrogen and oxygen atoms in total. The van der Waals surface area contributed by atoms with E-state index in [1.54, 1.807) is 0 Å². The molecule has 0 amide bonds. The number of nitrogens with zero attached hydrogens (tertiary/aromatic N) is 2. The molecule has 152 valence electrons. The van der Waals surface area contributed by atoms with Gasteiger partial charge in [0.25, 0.3) is 0 Å². The number of ether oxygens (including phenoxy) is 4. The van der Waals surface area contributed by atoms with Gasteiger partial charge in [0.2, 0.25) is 0 Å². The summed E-state index contributed by atoms with van der Waals surface area (Å²) < 4.78 is 22.1. The van der Waals surface area contributed by atoms with E-state index in [4.69, 9.17) is 42.1 Å². The fraction of sp³-hybridized carbons (Fsp3) is 0.941. The first-order valence-electron chi connectivity index (χ1n) is 9.08. The van der Waals surface area contributed by atoms with Crippen LogP contribution in [-0.4, -0.2) is 90.8 Å². The fourth-order valence-corrected chi connectivity index (χ4v) is 4.21. The molecule has 0 aromatic rings. The molecule has 0 aliphatic carbocycles. The first-order chi connectivity index (χ1) is 12.4. The molecule has 26 heavy (non-hydrogen) atoms. The van der Waals surface area contributed by atoms with Crippen molar-refractivity contribution < 1.29 is 23.7 Å². The summed E-state index contributed by atoms with van der Waals surface area (Å²) in [7, 11) is 0. The molecule has 0 saturated carbocycles. The highest BCUT2D eigenvalue weighted by molar-refractivity contribution is 6.18. The Morgan fingerprint density at radius 1 is 0.846 bits per heavy atom. The van der Waals surface area contributed by atoms with E-state index < -0.39 is 18.6 Å². The van der Waals surface area contributed by atoms with Crippen molar-refractivity contribution in [3.05, 3.63) is 0 Å². The van der Waals surface area contributed by atoms with Gasteiger partial charge in [-0.2, -0.15) is 0 Å². The summed E-state index contributed by atoms with van der Waals surface area (Å²) >= 11 is 12.1. The zero-order valence-corrected chi connectivity index (χ0v) is 17.4. The molecular weight excluding hydrogens is 383 g/mol. The second kappa shape index (κ2) is 10.3. The van der Waals surface area contributed by atoms with Gasteiger partial charge in [0.05, 0.1) is 38.2 Å². The van der Waals surface area contributed by atoms with Crippen molar-refractivity contribution in [3.8, 4) is 0 Å². The van der Waals surface area contributed by atoms with Crippen LogP contribution in [-0.2, 0) is 18.9 Å². The standard InChI is InChI=1S/C17H30Cl2N2O5/c1-11-7-23-8-12(2)20(11)15(5-18)25-17(22)26-16(6-19)21-13(3)9-24-10-14(21)4/h11-16H,5-10H2,1-4H3/t11-,12+,13-,14+,15?,16?. The molecule has 0 aromatic carbocycles. The number of carbonyl (C=O) groups excluding carboxylic acids is 1. The first kappa shape index (κ1) is 22.0. The minimum absolute atomic E-state index is 0.0958. The zero-order valence-electron chi connectivity index (χ0n) is 15.9. The summed E-state index contributed by atoms with van der Waals surface area (Å²) in [6.07, 6.45) is -1.92. The van der Waals surface area contributed by atoms with Gasteiger partial charge in [-0.05, 0) is 27.7 Å². The Bertz CT molecular complexity index is 401. The second-order valence-electron chi connectivity index (χ2n) is 7.07. The number of halogens is 2. The Kier molecular flexibility index (Phi) is 8.70. The number of morpholine rings is 2. The van der Waals surface area contributed by atoms with E-state index in [0.29, 0.717) is 26.4 Å². The maximum atomic E-state index is 12.4. The van der Waals surface area contributed by atoms with Gasteiger partial charge in [-0.15, -0.1) is 23.2 Å². The third-order valence-electron chi connectivity index (χ3n) is 4.87. The van der Waals surface area contributed by atoms with Crippen LogP contribution in [0.15, 0.2) is 0 Å². The molecule has 0 radical (unpaired) electrons. The van der Waals surface area contributed by atoms with Crippen molar-refractivity contribution in [1.82, 2.24) is 9.80 Å². The number of hydrogen-bond acceptors (Lipinski definition) is 7. The summed E-state index contributed by atoms with van der Waals surface area (Å²) in [6, 6.07) is 0.383. The molecule has 2 fully saturated rings. The van der Waals surface area contributed by atoms with Crippen molar-refractivity contribution in [2.75, 3.05) is 38.2 Å². The maximum Gasteiger partial charge on any atom is 0.511 e. The van der Waals surface area contributed by atoms with Gasteiger partial charge in [0.1, 0.15) is 0 Å². The maximum absolute atomic E-state index is 12.4. The van der Waals surface area contributed by atoms with Crippen LogP contribution in [0, 0.1) is 0 Å². The monoisotopic (exact) mass is 412 g/mol. The first-order valence-corrected chi connectivity index (χ1v) is 10.2. The van der Waals surface area contributed by atoms with Gasteiger partial charge >= 0.3 is 6.16 Å². The van der Waals surface area contributed by atoms with Gasteiger partial charge in [0, 0.05) is 24.2 Å². The van der Waals surface area contributed by atoms with Gasteiger partial charge in [-0.25, -0.2) is 4.79 Å². The molecule has 2 aliphatic rings. The number of rotatable bonds is 6. The molecule has 6 atom stereocenters. The molecule has 2 aliphatic heterocycles. The summed E-state index contributed by atoms with van der Waals surface area (Å²) in [5, 5.41) is 0. The minimum atomic E-state index is -0.766. The lowest BCUT2D eigenvalue weighted by Gasteiger charge is -2.43. The molecule has 0 N–H and O–H groups in total. The van der Waals surface area contributed by atoms with Gasteiger partial charge in [-0.1, -0.05) is 0 Å². The largest absolute Gasteiger partial charge is 0.511 e. The van der Waals surface area contributed by atoms with Crippen molar-refractivity contribution in [2.45, 2.75) is 64.3 Å². The molecule has 0 bridgehead atoms. The van der Waals surface area contributed by atoms with Crippen molar-refractivity contribution in [3.63, 3.8) is 0 Å². The molecule has 9 heteroatoms. The molecule has 2 heterocycles. The normalized spacial score (nSPS) is 33.5. The molecular formula is C17H30Cl2N2O5. The van der Waals surface area contributed by atoms with Gasteiger partial charge in [0.15, 0.2) is 12.5 Å². The molecule has 0 aromatic heterocycles. The van der Waals surface area contributed by atoms with Crippen molar-refractivity contribution in [2.24, 2.45) is 0 Å². The Labute approximate surface area is 165 Å². The van der Waals surface area contributed by atoms with E-state index in [9.17, 15) is 4.79 Å². The van der Waals surface area contributed by atoms with Crippen molar-refractivity contribution >= 4 is 29.4 Å². The summed E-state index contributed by atoms with van der Waals surface area (Å²) in [5.41, 5.74) is 0. The highest BCUT2D eigenvalue weighted by Crippen LogP contribution is 2.22. The van der Waals surface area contributed by atoms with E-state index >= 15 is 0 Å². The van der Waals surface area contributed by atoms with E-state index in [2.05, 4.69) is 0 Å². The third kappa shape index (κ3) is 5.36. The van der Waals surface area contributed by atoms with Crippen LogP contribution in [0.3, 0.4) is 0 Å². The lowest BCUT2D eigenvalue weighted by Crippen LogP contribution is -2.58. The molecule has 2 unspecified atom stereocenters. The van der Waals surface area contributed by atoms with Crippen LogP contribution in [0.2, 0.25) is 0 Å². The van der Waals surface area contributed by atoms with Crippen LogP contribution in [0.4, 0.5) is 4.79 Å². The Balaban J connectivity index is 1.98. The third-order valence-corrected chi connectivity index (χ3v) is 5.39. The van der Waals surface area contributed by atoms with Crippen LogP contribution >= 0.6 is 23.2 Å². The van der Waals surface area contributed by atoms with E-state index in [1.807, 2.05) is 37.5 Å². The van der Waals surface area contributed by atoms with Gasteiger partial charge in [-0.3, -0.25) is 9.80 Å². The lowest BCUT2D eigenvalue weighted by atomic mass is 10.1. The smallest absolute Gasteiger partial charge is 0.414 e. The molecule has 2 rings (SSSR count).